The molecule has 1 aromatic heterocycles. The zero-order valence-corrected chi connectivity index (χ0v) is 26.8. The fourth-order valence-corrected chi connectivity index (χ4v) is 8.02. The van der Waals surface area contributed by atoms with Crippen molar-refractivity contribution >= 4 is 29.2 Å². The summed E-state index contributed by atoms with van der Waals surface area (Å²) in [5, 5.41) is 0. The second-order valence-corrected chi connectivity index (χ2v) is 14.7. The van der Waals surface area contributed by atoms with Crippen molar-refractivity contribution in [1.29, 1.82) is 0 Å². The monoisotopic (exact) mass is 605 g/mol. The van der Waals surface area contributed by atoms with Crippen LogP contribution in [-0.4, -0.2) is 64.9 Å². The highest BCUT2D eigenvalue weighted by Crippen LogP contribution is 2.51. The highest BCUT2D eigenvalue weighted by Gasteiger charge is 2.50. The number of aryl methyl sites for hydroxylation is 1. The van der Waals surface area contributed by atoms with E-state index in [2.05, 4.69) is 0 Å². The van der Waals surface area contributed by atoms with Crippen molar-refractivity contribution in [3.05, 3.63) is 23.9 Å². The first-order valence-electron chi connectivity index (χ1n) is 16.5. The van der Waals surface area contributed by atoms with Gasteiger partial charge in [-0.1, -0.05) is 40.5 Å². The summed E-state index contributed by atoms with van der Waals surface area (Å²) in [6.45, 7) is 8.10. The number of rotatable bonds is 2. The summed E-state index contributed by atoms with van der Waals surface area (Å²) in [4.78, 5) is 51.6. The molecule has 1 saturated heterocycles. The lowest BCUT2D eigenvalue weighted by molar-refractivity contribution is -0.172. The van der Waals surface area contributed by atoms with Crippen molar-refractivity contribution < 1.29 is 28.6 Å². The molecule has 4 fully saturated rings. The Bertz CT molecular complexity index is 1400. The number of carbonyl (C=O) groups excluding carboxylic acids is 3. The standard InChI is InChI=1S/C35H47N3O6/c1-20-29(19-39)38-18-30(20)43-33-27(36-26-12-11-24(42-5)16-28(26)37-33)10-8-6-7-9-22-13-21-14-23(15-21)32(22)44-31(40)17-25(34(38)41)35(2,3)4/h11-12,16,19-23,25,29-30,32H,6-10,13-15,17-18H2,1-5H3/t20-,21?,22+,23?,25+,29+,30-,32-/m0/s1. The number of hydrogen-bond acceptors (Lipinski definition) is 8. The number of nitrogens with zero attached hydrogens (tertiary/aromatic N) is 3. The number of carbonyl (C=O) groups is 3. The van der Waals surface area contributed by atoms with Gasteiger partial charge in [0.2, 0.25) is 11.8 Å². The van der Waals surface area contributed by atoms with Gasteiger partial charge in [-0.05, 0) is 73.8 Å². The Labute approximate surface area is 260 Å². The average Bonchev–Trinajstić information content (AvgIpc) is 3.28. The molecule has 0 spiro atoms. The number of methoxy groups -OCH3 is 1. The summed E-state index contributed by atoms with van der Waals surface area (Å²) in [5.74, 6) is 1.29. The van der Waals surface area contributed by atoms with Crippen LogP contribution >= 0.6 is 0 Å². The minimum Gasteiger partial charge on any atom is -0.497 e. The number of esters is 1. The van der Waals surface area contributed by atoms with E-state index in [0.29, 0.717) is 35.4 Å². The SMILES string of the molecule is COc1ccc2nc3c(nc2c1)O[C@H]1CN(C(=O)[C@H](C(C)(C)C)CC(=O)O[C@@H]2C4CC(C4)C[C@H]2CCCCC3)[C@H](C=O)[C@@H]1C. The minimum atomic E-state index is -0.665. The summed E-state index contributed by atoms with van der Waals surface area (Å²) < 4.78 is 18.2. The van der Waals surface area contributed by atoms with Crippen molar-refractivity contribution in [1.82, 2.24) is 14.9 Å². The number of hydrogen-bond donors (Lipinski definition) is 0. The Hall–Kier alpha value is -3.23. The number of aldehydes is 1. The fraction of sp³-hybridized carbons (Fsp3) is 0.686. The van der Waals surface area contributed by atoms with Crippen molar-refractivity contribution in [3.63, 3.8) is 0 Å². The third-order valence-electron chi connectivity index (χ3n) is 10.8. The van der Waals surface area contributed by atoms with Crippen LogP contribution < -0.4 is 9.47 Å². The molecular formula is C35H47N3O6. The first kappa shape index (κ1) is 30.8. The van der Waals surface area contributed by atoms with E-state index in [1.165, 1.54) is 0 Å². The van der Waals surface area contributed by atoms with Crippen molar-refractivity contribution in [3.8, 4) is 11.6 Å². The van der Waals surface area contributed by atoms with Gasteiger partial charge in [0.25, 0.3) is 0 Å². The predicted octanol–water partition coefficient (Wildman–Crippen LogP) is 5.56. The molecule has 1 amide bonds. The molecule has 44 heavy (non-hydrogen) atoms. The second kappa shape index (κ2) is 12.3. The Morgan fingerprint density at radius 3 is 2.50 bits per heavy atom. The minimum absolute atomic E-state index is 0.00577. The molecule has 4 bridgehead atoms. The van der Waals surface area contributed by atoms with E-state index in [1.54, 1.807) is 12.0 Å². The highest BCUT2D eigenvalue weighted by molar-refractivity contribution is 5.87. The van der Waals surface area contributed by atoms with Gasteiger partial charge >= 0.3 is 5.97 Å². The Balaban J connectivity index is 1.34. The molecule has 3 saturated carbocycles. The molecule has 3 aliphatic carbocycles. The summed E-state index contributed by atoms with van der Waals surface area (Å²) in [6, 6.07) is 4.97. The van der Waals surface area contributed by atoms with E-state index in [4.69, 9.17) is 24.2 Å². The zero-order valence-electron chi connectivity index (χ0n) is 26.8. The first-order valence-corrected chi connectivity index (χ1v) is 16.5. The van der Waals surface area contributed by atoms with Crippen LogP contribution in [0.5, 0.6) is 11.6 Å². The maximum atomic E-state index is 14.2. The molecule has 3 heterocycles. The lowest BCUT2D eigenvalue weighted by Crippen LogP contribution is -2.49. The first-order chi connectivity index (χ1) is 21.0. The molecule has 9 nitrogen and oxygen atoms in total. The van der Waals surface area contributed by atoms with Crippen molar-refractivity contribution in [2.24, 2.45) is 35.0 Å². The normalized spacial score (nSPS) is 33.2. The molecule has 0 unspecified atom stereocenters. The predicted molar refractivity (Wildman–Crippen MR) is 165 cm³/mol. The van der Waals surface area contributed by atoms with E-state index in [-0.39, 0.29) is 36.9 Å². The zero-order chi connectivity index (χ0) is 31.2. The number of aromatic nitrogens is 2. The number of fused-ring (bicyclic) bond motifs is 4. The number of benzene rings is 1. The Morgan fingerprint density at radius 1 is 1.00 bits per heavy atom. The van der Waals surface area contributed by atoms with Crippen molar-refractivity contribution in [2.75, 3.05) is 13.7 Å². The summed E-state index contributed by atoms with van der Waals surface area (Å²) >= 11 is 0. The van der Waals surface area contributed by atoms with Gasteiger partial charge in [-0.15, -0.1) is 0 Å². The topological polar surface area (TPSA) is 108 Å². The van der Waals surface area contributed by atoms with Gasteiger partial charge in [0.05, 0.1) is 43.1 Å². The Kier molecular flexibility index (Phi) is 8.59. The molecule has 238 valence electrons. The van der Waals surface area contributed by atoms with Crippen LogP contribution in [0.1, 0.15) is 84.8 Å². The fourth-order valence-electron chi connectivity index (χ4n) is 8.02. The summed E-state index contributed by atoms with van der Waals surface area (Å²) in [5.41, 5.74) is 1.73. The lowest BCUT2D eigenvalue weighted by Gasteiger charge is -2.50. The molecule has 6 atom stereocenters. The molecular weight excluding hydrogens is 558 g/mol. The van der Waals surface area contributed by atoms with Crippen LogP contribution in [0.4, 0.5) is 0 Å². The van der Waals surface area contributed by atoms with E-state index in [9.17, 15) is 14.4 Å². The molecule has 7 rings (SSSR count). The van der Waals surface area contributed by atoms with Gasteiger partial charge in [-0.2, -0.15) is 0 Å². The highest BCUT2D eigenvalue weighted by atomic mass is 16.5. The Morgan fingerprint density at radius 2 is 1.77 bits per heavy atom. The molecule has 2 aliphatic heterocycles. The molecule has 5 aliphatic rings. The third kappa shape index (κ3) is 6.03. The largest absolute Gasteiger partial charge is 0.497 e. The van der Waals surface area contributed by atoms with Gasteiger partial charge in [-0.25, -0.2) is 9.97 Å². The van der Waals surface area contributed by atoms with Crippen LogP contribution in [0, 0.1) is 35.0 Å². The van der Waals surface area contributed by atoms with Crippen LogP contribution in [0.2, 0.25) is 0 Å². The van der Waals surface area contributed by atoms with Crippen molar-refractivity contribution in [2.45, 2.75) is 104 Å². The second-order valence-electron chi connectivity index (χ2n) is 14.7. The molecule has 2 aromatic rings. The number of amides is 1. The van der Waals surface area contributed by atoms with Gasteiger partial charge in [0.15, 0.2) is 0 Å². The van der Waals surface area contributed by atoms with Crippen LogP contribution in [0.25, 0.3) is 11.0 Å². The van der Waals surface area contributed by atoms with Gasteiger partial charge in [0.1, 0.15) is 29.9 Å². The molecule has 0 N–H and O–H groups in total. The smallest absolute Gasteiger partial charge is 0.306 e. The molecule has 0 radical (unpaired) electrons. The summed E-state index contributed by atoms with van der Waals surface area (Å²) in [6.07, 6.45) is 8.50. The average molecular weight is 606 g/mol. The molecule has 9 heteroatoms. The third-order valence-corrected chi connectivity index (χ3v) is 10.8. The summed E-state index contributed by atoms with van der Waals surface area (Å²) in [7, 11) is 1.62. The quantitative estimate of drug-likeness (QED) is 0.324. The van der Waals surface area contributed by atoms with E-state index in [0.717, 1.165) is 68.4 Å². The van der Waals surface area contributed by atoms with Gasteiger partial charge in [-0.3, -0.25) is 9.59 Å². The maximum Gasteiger partial charge on any atom is 0.306 e. The molecule has 1 aromatic carbocycles. The lowest BCUT2D eigenvalue weighted by atomic mass is 9.59. The van der Waals surface area contributed by atoms with E-state index >= 15 is 0 Å². The van der Waals surface area contributed by atoms with Crippen LogP contribution in [0.3, 0.4) is 0 Å². The van der Waals surface area contributed by atoms with E-state index in [1.807, 2.05) is 45.9 Å². The van der Waals surface area contributed by atoms with Gasteiger partial charge in [0, 0.05) is 12.0 Å². The van der Waals surface area contributed by atoms with Crippen LogP contribution in [0.15, 0.2) is 18.2 Å². The van der Waals surface area contributed by atoms with Crippen LogP contribution in [-0.2, 0) is 25.5 Å². The van der Waals surface area contributed by atoms with Gasteiger partial charge < -0.3 is 23.9 Å². The maximum absolute atomic E-state index is 14.2. The number of ether oxygens (including phenoxy) is 3. The van der Waals surface area contributed by atoms with E-state index < -0.39 is 23.5 Å².